The molecule has 0 aliphatic rings. The summed E-state index contributed by atoms with van der Waals surface area (Å²) in [6, 6.07) is 1.82. The predicted octanol–water partition coefficient (Wildman–Crippen LogP) is 2.86. The molecule has 0 saturated carbocycles. The third-order valence-electron chi connectivity index (χ3n) is 1.56. The molecule has 0 amide bonds. The van der Waals surface area contributed by atoms with Crippen LogP contribution in [-0.2, 0) is 9.05 Å². The molecule has 0 atom stereocenters. The van der Waals surface area contributed by atoms with Crippen molar-refractivity contribution in [3.63, 3.8) is 0 Å². The van der Waals surface area contributed by atoms with Gasteiger partial charge in [0, 0.05) is 16.4 Å². The highest BCUT2D eigenvalue weighted by Crippen LogP contribution is 2.39. The molecule has 0 heterocycles. The van der Waals surface area contributed by atoms with E-state index in [1.165, 1.54) is 0 Å². The fourth-order valence-corrected chi connectivity index (χ4v) is 3.37. The Kier molecular flexibility index (Phi) is 3.84. The Morgan fingerprint density at radius 3 is 2.29 bits per heavy atom. The van der Waals surface area contributed by atoms with Crippen molar-refractivity contribution in [2.24, 2.45) is 0 Å². The van der Waals surface area contributed by atoms with Crippen molar-refractivity contribution < 1.29 is 26.3 Å². The molecule has 0 fully saturated rings. The van der Waals surface area contributed by atoms with E-state index in [-0.39, 0.29) is 10.2 Å². The molecule has 1 aromatic carbocycles. The molecule has 1 rings (SSSR count). The average molecular weight is 355 g/mol. The van der Waals surface area contributed by atoms with Crippen LogP contribution in [0.3, 0.4) is 0 Å². The molecule has 0 bridgehead atoms. The molecule has 17 heavy (non-hydrogen) atoms. The summed E-state index contributed by atoms with van der Waals surface area (Å²) < 4.78 is 61.7. The Bertz CT molecular complexity index is 546. The van der Waals surface area contributed by atoms with Crippen LogP contribution >= 0.6 is 26.6 Å². The second-order valence-corrected chi connectivity index (χ2v) is 6.08. The van der Waals surface area contributed by atoms with E-state index in [1.54, 1.807) is 0 Å². The average Bonchev–Trinajstić information content (AvgIpc) is 2.06. The molecule has 4 nitrogen and oxygen atoms in total. The van der Waals surface area contributed by atoms with Crippen LogP contribution in [0.1, 0.15) is 0 Å². The van der Waals surface area contributed by atoms with E-state index in [4.69, 9.17) is 16.4 Å². The number of nitrogen functional groups attached to an aromatic ring is 1. The Morgan fingerprint density at radius 1 is 1.35 bits per heavy atom. The predicted molar refractivity (Wildman–Crippen MR) is 58.3 cm³/mol. The van der Waals surface area contributed by atoms with Gasteiger partial charge in [-0.05, 0) is 28.1 Å². The molecule has 0 spiro atoms. The van der Waals surface area contributed by atoms with Crippen molar-refractivity contribution >= 4 is 41.4 Å². The summed E-state index contributed by atoms with van der Waals surface area (Å²) in [6.45, 7) is 0. The molecule has 0 saturated heterocycles. The van der Waals surface area contributed by atoms with Gasteiger partial charge in [0.15, 0.2) is 5.75 Å². The van der Waals surface area contributed by atoms with Gasteiger partial charge >= 0.3 is 6.36 Å². The third kappa shape index (κ3) is 3.65. The van der Waals surface area contributed by atoms with Gasteiger partial charge in [0.2, 0.25) is 0 Å². The molecule has 0 aromatic heterocycles. The lowest BCUT2D eigenvalue weighted by atomic mass is 10.3. The van der Waals surface area contributed by atoms with Crippen LogP contribution in [0.25, 0.3) is 0 Å². The van der Waals surface area contributed by atoms with Crippen molar-refractivity contribution in [1.29, 1.82) is 0 Å². The van der Waals surface area contributed by atoms with Gasteiger partial charge in [-0.3, -0.25) is 0 Å². The monoisotopic (exact) mass is 353 g/mol. The zero-order chi connectivity index (χ0) is 13.4. The maximum atomic E-state index is 12.0. The lowest BCUT2D eigenvalue weighted by Crippen LogP contribution is -2.18. The van der Waals surface area contributed by atoms with E-state index < -0.39 is 26.1 Å². The van der Waals surface area contributed by atoms with E-state index in [0.717, 1.165) is 12.1 Å². The number of nitrogens with two attached hydrogens (primary N) is 1. The quantitative estimate of drug-likeness (QED) is 0.655. The molecule has 0 aliphatic heterocycles. The number of halogens is 5. The van der Waals surface area contributed by atoms with Crippen LogP contribution in [0.4, 0.5) is 18.9 Å². The van der Waals surface area contributed by atoms with Crippen LogP contribution < -0.4 is 10.5 Å². The maximum Gasteiger partial charge on any atom is 0.573 e. The summed E-state index contributed by atoms with van der Waals surface area (Å²) in [7, 11) is 0.570. The smallest absolute Gasteiger partial charge is 0.404 e. The van der Waals surface area contributed by atoms with E-state index in [1.807, 2.05) is 0 Å². The molecule has 2 N–H and O–H groups in total. The Balaban J connectivity index is 3.47. The number of alkyl halides is 3. The number of benzene rings is 1. The van der Waals surface area contributed by atoms with Gasteiger partial charge in [-0.25, -0.2) is 8.42 Å². The summed E-state index contributed by atoms with van der Waals surface area (Å²) in [6.07, 6.45) is -5.04. The van der Waals surface area contributed by atoms with E-state index >= 15 is 0 Å². The van der Waals surface area contributed by atoms with Crippen molar-refractivity contribution in [3.05, 3.63) is 16.6 Å². The second-order valence-electron chi connectivity index (χ2n) is 2.78. The molecule has 0 aliphatic carbocycles. The minimum absolute atomic E-state index is 0.0845. The van der Waals surface area contributed by atoms with E-state index in [9.17, 15) is 21.6 Å². The number of ether oxygens (including phenoxy) is 1. The normalized spacial score (nSPS) is 12.5. The minimum atomic E-state index is -5.04. The number of anilines is 1. The molecule has 0 unspecified atom stereocenters. The number of rotatable bonds is 2. The van der Waals surface area contributed by atoms with Crippen LogP contribution in [0.15, 0.2) is 21.5 Å². The van der Waals surface area contributed by atoms with Gasteiger partial charge in [0.1, 0.15) is 4.90 Å². The van der Waals surface area contributed by atoms with Gasteiger partial charge in [-0.2, -0.15) is 0 Å². The lowest BCUT2D eigenvalue weighted by molar-refractivity contribution is -0.275. The SMILES string of the molecule is Nc1ccc(OC(F)(F)F)c(S(=O)(=O)Cl)c1Br. The Hall–Kier alpha value is -0.670. The van der Waals surface area contributed by atoms with Gasteiger partial charge < -0.3 is 10.5 Å². The van der Waals surface area contributed by atoms with Crippen molar-refractivity contribution in [2.75, 3.05) is 5.73 Å². The Morgan fingerprint density at radius 2 is 1.88 bits per heavy atom. The van der Waals surface area contributed by atoms with Gasteiger partial charge in [-0.1, -0.05) is 0 Å². The van der Waals surface area contributed by atoms with Gasteiger partial charge in [0.05, 0.1) is 4.47 Å². The lowest BCUT2D eigenvalue weighted by Gasteiger charge is -2.13. The highest BCUT2D eigenvalue weighted by Gasteiger charge is 2.35. The standard InChI is InChI=1S/C7H4BrClF3NO3S/c8-5-3(13)1-2-4(16-7(10,11)12)6(5)17(9,14)15/h1-2H,13H2. The minimum Gasteiger partial charge on any atom is -0.404 e. The molecule has 10 heteroatoms. The molecule has 96 valence electrons. The molecule has 0 radical (unpaired) electrons. The van der Waals surface area contributed by atoms with Gasteiger partial charge in [-0.15, -0.1) is 13.2 Å². The first-order valence-corrected chi connectivity index (χ1v) is 6.91. The highest BCUT2D eigenvalue weighted by molar-refractivity contribution is 9.10. The highest BCUT2D eigenvalue weighted by atomic mass is 79.9. The van der Waals surface area contributed by atoms with E-state index in [2.05, 4.69) is 20.7 Å². The number of hydrogen-bond acceptors (Lipinski definition) is 4. The summed E-state index contributed by atoms with van der Waals surface area (Å²) in [5.74, 6) is -0.950. The molecular weight excluding hydrogens is 350 g/mol. The zero-order valence-corrected chi connectivity index (χ0v) is 10.9. The van der Waals surface area contributed by atoms with Gasteiger partial charge in [0.25, 0.3) is 9.05 Å². The topological polar surface area (TPSA) is 69.4 Å². The summed E-state index contributed by atoms with van der Waals surface area (Å²) in [4.78, 5) is -0.864. The maximum absolute atomic E-state index is 12.0. The van der Waals surface area contributed by atoms with Crippen LogP contribution in [0.2, 0.25) is 0 Å². The van der Waals surface area contributed by atoms with E-state index in [0.29, 0.717) is 0 Å². The first-order chi connectivity index (χ1) is 7.52. The van der Waals surface area contributed by atoms with Crippen molar-refractivity contribution in [1.82, 2.24) is 0 Å². The number of hydrogen-bond donors (Lipinski definition) is 1. The van der Waals surface area contributed by atoms with Crippen LogP contribution in [-0.4, -0.2) is 14.8 Å². The van der Waals surface area contributed by atoms with Crippen molar-refractivity contribution in [3.8, 4) is 5.75 Å². The third-order valence-corrected chi connectivity index (χ3v) is 4.03. The summed E-state index contributed by atoms with van der Waals surface area (Å²) >= 11 is 2.74. The summed E-state index contributed by atoms with van der Waals surface area (Å²) in [5, 5.41) is 0. The fourth-order valence-electron chi connectivity index (χ4n) is 0.986. The first kappa shape index (κ1) is 14.4. The molecular formula is C7H4BrClF3NO3S. The summed E-state index contributed by atoms with van der Waals surface area (Å²) in [5.41, 5.74) is 5.26. The largest absolute Gasteiger partial charge is 0.573 e. The fraction of sp³-hybridized carbons (Fsp3) is 0.143. The van der Waals surface area contributed by atoms with Crippen molar-refractivity contribution in [2.45, 2.75) is 11.3 Å². The zero-order valence-electron chi connectivity index (χ0n) is 7.75. The second kappa shape index (κ2) is 4.54. The Labute approximate surface area is 107 Å². The van der Waals surface area contributed by atoms with Crippen LogP contribution in [0, 0.1) is 0 Å². The first-order valence-electron chi connectivity index (χ1n) is 3.81. The molecule has 1 aromatic rings. The van der Waals surface area contributed by atoms with Crippen LogP contribution in [0.5, 0.6) is 5.75 Å².